The molecule has 3 heteroatoms. The van der Waals surface area contributed by atoms with Crippen molar-refractivity contribution in [3.8, 4) is 27.9 Å². The number of aliphatic imine (C=N–C) groups is 1. The third-order valence-electron chi connectivity index (χ3n) is 13.6. The second-order valence-electron chi connectivity index (χ2n) is 17.1. The van der Waals surface area contributed by atoms with Crippen LogP contribution in [0.2, 0.25) is 0 Å². The van der Waals surface area contributed by atoms with Gasteiger partial charge in [0.1, 0.15) is 5.84 Å². The summed E-state index contributed by atoms with van der Waals surface area (Å²) in [5, 5.41) is 4.79. The number of hydrogen-bond acceptors (Lipinski definition) is 1. The van der Waals surface area contributed by atoms with E-state index in [0.717, 1.165) is 44.4 Å². The molecule has 2 N–H and O–H groups in total. The molecule has 0 aliphatic heterocycles. The monoisotopic (exact) mass is 843 g/mol. The summed E-state index contributed by atoms with van der Waals surface area (Å²) < 4.78 is 2.37. The minimum Gasteiger partial charge on any atom is -0.383 e. The molecule has 0 bridgehead atoms. The summed E-state index contributed by atoms with van der Waals surface area (Å²) in [6.07, 6.45) is 2.93. The Hall–Kier alpha value is -8.53. The minimum absolute atomic E-state index is 0.472. The van der Waals surface area contributed by atoms with Crippen molar-refractivity contribution < 1.29 is 0 Å². The Balaban J connectivity index is 0.991. The maximum absolute atomic E-state index is 6.92. The number of para-hydroxylation sites is 2. The van der Waals surface area contributed by atoms with Crippen LogP contribution >= 0.6 is 0 Å². The number of fused-ring (bicyclic) bond motifs is 7. The summed E-state index contributed by atoms with van der Waals surface area (Å²) in [6.45, 7) is 0. The molecule has 3 nitrogen and oxygen atoms in total. The number of aromatic nitrogens is 1. The normalized spacial score (nSPS) is 13.3. The van der Waals surface area contributed by atoms with Crippen LogP contribution in [0.4, 0.5) is 0 Å². The molecule has 0 fully saturated rings. The summed E-state index contributed by atoms with van der Waals surface area (Å²) in [4.78, 5) is 5.29. The lowest BCUT2D eigenvalue weighted by Crippen LogP contribution is -2.28. The van der Waals surface area contributed by atoms with Crippen molar-refractivity contribution in [3.05, 3.63) is 288 Å². The maximum atomic E-state index is 6.92. The number of hydrogen-bond donors (Lipinski definition) is 1. The van der Waals surface area contributed by atoms with E-state index in [1.165, 1.54) is 60.8 Å². The number of nitrogens with two attached hydrogens (primary N) is 1. The van der Waals surface area contributed by atoms with Gasteiger partial charge in [0.2, 0.25) is 0 Å². The van der Waals surface area contributed by atoms with Gasteiger partial charge in [-0.15, -0.1) is 0 Å². The molecule has 1 aromatic heterocycles. The number of nitrogens with zero attached hydrogens (tertiary/aromatic N) is 2. The van der Waals surface area contributed by atoms with E-state index in [-0.39, 0.29) is 0 Å². The Labute approximate surface area is 385 Å². The first-order valence-corrected chi connectivity index (χ1v) is 22.7. The molecule has 0 radical (unpaired) electrons. The van der Waals surface area contributed by atoms with Crippen LogP contribution in [0.3, 0.4) is 0 Å². The second-order valence-corrected chi connectivity index (χ2v) is 17.1. The van der Waals surface area contributed by atoms with E-state index in [1.54, 1.807) is 0 Å². The summed E-state index contributed by atoms with van der Waals surface area (Å²) in [5.41, 5.74) is 23.9. The number of allylic oxidation sites excluding steroid dienone is 1. The van der Waals surface area contributed by atoms with Gasteiger partial charge in [0, 0.05) is 27.6 Å². The third-order valence-corrected chi connectivity index (χ3v) is 13.6. The maximum Gasteiger partial charge on any atom is 0.131 e. The van der Waals surface area contributed by atoms with E-state index >= 15 is 0 Å². The molecule has 0 spiro atoms. The lowest BCUT2D eigenvalue weighted by Gasteiger charge is -2.33. The highest BCUT2D eigenvalue weighted by molar-refractivity contribution is 6.10. The molecule has 11 aromatic rings. The van der Waals surface area contributed by atoms with E-state index in [4.69, 9.17) is 10.7 Å². The molecular formula is C63H45N3. The fourth-order valence-corrected chi connectivity index (χ4v) is 10.7. The summed E-state index contributed by atoms with van der Waals surface area (Å²) >= 11 is 0. The molecule has 0 atom stereocenters. The van der Waals surface area contributed by atoms with Crippen molar-refractivity contribution in [2.24, 2.45) is 10.7 Å². The zero-order chi connectivity index (χ0) is 44.0. The summed E-state index contributed by atoms with van der Waals surface area (Å²) in [5.74, 6) is 0.478. The molecule has 0 saturated heterocycles. The van der Waals surface area contributed by atoms with Crippen molar-refractivity contribution in [1.82, 2.24) is 4.57 Å². The average molecular weight is 844 g/mol. The van der Waals surface area contributed by atoms with Crippen LogP contribution in [0.25, 0.3) is 66.2 Å². The van der Waals surface area contributed by atoms with Crippen molar-refractivity contribution in [3.63, 3.8) is 0 Å². The molecular weight excluding hydrogens is 799 g/mol. The molecule has 1 heterocycles. The van der Waals surface area contributed by atoms with Crippen molar-refractivity contribution in [1.29, 1.82) is 0 Å². The van der Waals surface area contributed by atoms with Crippen LogP contribution in [0.15, 0.2) is 254 Å². The van der Waals surface area contributed by atoms with Gasteiger partial charge in [-0.2, -0.15) is 0 Å². The van der Waals surface area contributed by atoms with Crippen LogP contribution < -0.4 is 5.73 Å². The van der Waals surface area contributed by atoms with Gasteiger partial charge in [-0.05, 0) is 91.5 Å². The number of amidine groups is 1. The Bertz CT molecular complexity index is 3560. The molecule has 0 saturated carbocycles. The Kier molecular flexibility index (Phi) is 9.61. The van der Waals surface area contributed by atoms with Gasteiger partial charge >= 0.3 is 0 Å². The highest BCUT2D eigenvalue weighted by Crippen LogP contribution is 2.57. The molecule has 0 amide bonds. The first kappa shape index (κ1) is 39.1. The van der Waals surface area contributed by atoms with Crippen LogP contribution in [0, 0.1) is 0 Å². The molecule has 66 heavy (non-hydrogen) atoms. The van der Waals surface area contributed by atoms with Crippen molar-refractivity contribution >= 4 is 44.1 Å². The molecule has 1 aliphatic carbocycles. The molecule has 12 rings (SSSR count). The van der Waals surface area contributed by atoms with E-state index in [9.17, 15) is 0 Å². The predicted octanol–water partition coefficient (Wildman–Crippen LogP) is 15.0. The smallest absolute Gasteiger partial charge is 0.131 e. The van der Waals surface area contributed by atoms with Gasteiger partial charge in [-0.1, -0.05) is 224 Å². The van der Waals surface area contributed by atoms with Crippen LogP contribution in [-0.2, 0) is 11.8 Å². The summed E-state index contributed by atoms with van der Waals surface area (Å²) in [7, 11) is 0. The Morgan fingerprint density at radius 3 is 1.67 bits per heavy atom. The average Bonchev–Trinajstić information content (AvgIpc) is 3.89. The zero-order valence-electron chi connectivity index (χ0n) is 36.4. The second kappa shape index (κ2) is 16.2. The standard InChI is InChI=1S/C63H45N3/c64-62(45-19-4-1-5-20-45)65-58(42-37-44-21-18-32-57-61(44)55-30-12-15-31-56(55)63(57,46-22-6-2-7-23-46)47-24-8-3-9-25-47)52-41-40-49(50-26-10-11-27-51(50)52)43-35-38-48(39-36-43)66-59-33-16-13-28-53(59)54-29-14-17-34-60(54)66/h1-36,38-42H,37H2,(H2,64,65)/b58-42-. The van der Waals surface area contributed by atoms with Gasteiger partial charge in [0.05, 0.1) is 22.1 Å². The van der Waals surface area contributed by atoms with Crippen molar-refractivity contribution in [2.45, 2.75) is 11.8 Å². The minimum atomic E-state index is -0.472. The van der Waals surface area contributed by atoms with Gasteiger partial charge in [-0.3, -0.25) is 0 Å². The highest BCUT2D eigenvalue weighted by atomic mass is 15.0. The first-order chi connectivity index (χ1) is 32.7. The van der Waals surface area contributed by atoms with E-state index in [0.29, 0.717) is 12.3 Å². The van der Waals surface area contributed by atoms with E-state index < -0.39 is 5.41 Å². The largest absolute Gasteiger partial charge is 0.383 e. The first-order valence-electron chi connectivity index (χ1n) is 22.7. The van der Waals surface area contributed by atoms with E-state index in [2.05, 4.69) is 223 Å². The predicted molar refractivity (Wildman–Crippen MR) is 276 cm³/mol. The molecule has 10 aromatic carbocycles. The topological polar surface area (TPSA) is 43.3 Å². The van der Waals surface area contributed by atoms with Gasteiger partial charge in [0.15, 0.2) is 0 Å². The number of rotatable bonds is 9. The quantitative estimate of drug-likeness (QED) is 0.114. The zero-order valence-corrected chi connectivity index (χ0v) is 36.4. The van der Waals surface area contributed by atoms with Gasteiger partial charge < -0.3 is 10.3 Å². The third kappa shape index (κ3) is 6.31. The lowest BCUT2D eigenvalue weighted by molar-refractivity contribution is 0.768. The van der Waals surface area contributed by atoms with Gasteiger partial charge in [-0.25, -0.2) is 4.99 Å². The number of benzene rings is 10. The van der Waals surface area contributed by atoms with Gasteiger partial charge in [0.25, 0.3) is 0 Å². The summed E-state index contributed by atoms with van der Waals surface area (Å²) in [6, 6.07) is 87.3. The van der Waals surface area contributed by atoms with Crippen LogP contribution in [-0.4, -0.2) is 10.4 Å². The Morgan fingerprint density at radius 1 is 0.455 bits per heavy atom. The van der Waals surface area contributed by atoms with E-state index in [1.807, 2.05) is 30.3 Å². The fraction of sp³-hybridized carbons (Fsp3) is 0.0317. The lowest BCUT2D eigenvalue weighted by atomic mass is 9.67. The fourth-order valence-electron chi connectivity index (χ4n) is 10.7. The molecule has 0 unspecified atom stereocenters. The molecule has 1 aliphatic rings. The molecule has 312 valence electrons. The van der Waals surface area contributed by atoms with Crippen LogP contribution in [0.5, 0.6) is 0 Å². The SMILES string of the molecule is NC(=N/C(=C\Cc1cccc2c1-c1ccccc1C2(c1ccccc1)c1ccccc1)c1ccc(-c2ccc(-n3c4ccccc4c4ccccc43)cc2)c2ccccc12)c1ccccc1. The highest BCUT2D eigenvalue weighted by Gasteiger charge is 2.46. The Morgan fingerprint density at radius 2 is 1.00 bits per heavy atom. The van der Waals surface area contributed by atoms with Crippen LogP contribution in [0.1, 0.15) is 38.9 Å². The van der Waals surface area contributed by atoms with Crippen molar-refractivity contribution in [2.75, 3.05) is 0 Å².